The van der Waals surface area contributed by atoms with Gasteiger partial charge >= 0.3 is 0 Å². The number of hydrogen-bond acceptors (Lipinski definition) is 2. The van der Waals surface area contributed by atoms with Crippen molar-refractivity contribution in [1.29, 1.82) is 0 Å². The van der Waals surface area contributed by atoms with Crippen LogP contribution >= 0.6 is 11.6 Å². The van der Waals surface area contributed by atoms with E-state index in [2.05, 4.69) is 11.9 Å². The zero-order valence-electron chi connectivity index (χ0n) is 10.0. The zero-order valence-corrected chi connectivity index (χ0v) is 10.8. The predicted octanol–water partition coefficient (Wildman–Crippen LogP) is 3.00. The molecule has 3 nitrogen and oxygen atoms in total. The molecule has 1 aromatic rings. The van der Waals surface area contributed by atoms with Gasteiger partial charge in [0.1, 0.15) is 5.15 Å². The predicted molar refractivity (Wildman–Crippen MR) is 68.2 cm³/mol. The summed E-state index contributed by atoms with van der Waals surface area (Å²) < 4.78 is 0. The van der Waals surface area contributed by atoms with Crippen molar-refractivity contribution in [3.63, 3.8) is 0 Å². The number of pyridine rings is 1. The number of halogens is 1. The monoisotopic (exact) mass is 252 g/mol. The van der Waals surface area contributed by atoms with E-state index in [1.807, 2.05) is 4.90 Å². The normalized spacial score (nSPS) is 14.7. The Bertz CT molecular complexity index is 387. The van der Waals surface area contributed by atoms with Gasteiger partial charge in [0.15, 0.2) is 0 Å². The smallest absolute Gasteiger partial charge is 0.255 e. The van der Waals surface area contributed by atoms with Gasteiger partial charge in [0.05, 0.1) is 5.56 Å². The molecule has 0 atom stereocenters. The highest BCUT2D eigenvalue weighted by atomic mass is 35.5. The Morgan fingerprint density at radius 2 is 2.29 bits per heavy atom. The first-order valence-electron chi connectivity index (χ1n) is 6.11. The third-order valence-corrected chi connectivity index (χ3v) is 3.15. The Labute approximate surface area is 107 Å². The maximum atomic E-state index is 12.3. The Morgan fingerprint density at radius 1 is 1.53 bits per heavy atom. The lowest BCUT2D eigenvalue weighted by Crippen LogP contribution is -2.33. The van der Waals surface area contributed by atoms with Crippen molar-refractivity contribution in [2.75, 3.05) is 13.1 Å². The fourth-order valence-electron chi connectivity index (χ4n) is 1.84. The summed E-state index contributed by atoms with van der Waals surface area (Å²) in [6, 6.07) is 3.41. The molecule has 0 radical (unpaired) electrons. The summed E-state index contributed by atoms with van der Waals surface area (Å²) in [6.45, 7) is 3.79. The molecular weight excluding hydrogens is 236 g/mol. The van der Waals surface area contributed by atoms with Crippen LogP contribution in [0.5, 0.6) is 0 Å². The summed E-state index contributed by atoms with van der Waals surface area (Å²) in [6.07, 6.45) is 5.05. The molecule has 17 heavy (non-hydrogen) atoms. The summed E-state index contributed by atoms with van der Waals surface area (Å²) >= 11 is 5.72. The molecule has 1 fully saturated rings. The molecule has 92 valence electrons. The van der Waals surface area contributed by atoms with Crippen LogP contribution in [0.4, 0.5) is 0 Å². The first kappa shape index (κ1) is 12.4. The third kappa shape index (κ3) is 3.43. The van der Waals surface area contributed by atoms with Crippen LogP contribution in [0.2, 0.25) is 5.15 Å². The lowest BCUT2D eigenvalue weighted by Gasteiger charge is -2.21. The van der Waals surface area contributed by atoms with Crippen LogP contribution in [0, 0.1) is 5.92 Å². The lowest BCUT2D eigenvalue weighted by atomic mass is 10.2. The molecule has 0 unspecified atom stereocenters. The summed E-state index contributed by atoms with van der Waals surface area (Å²) in [5.41, 5.74) is 0.628. The van der Waals surface area contributed by atoms with Crippen LogP contribution in [-0.2, 0) is 0 Å². The molecule has 0 aromatic carbocycles. The maximum absolute atomic E-state index is 12.3. The minimum absolute atomic E-state index is 0.0721. The van der Waals surface area contributed by atoms with Crippen molar-refractivity contribution in [3.8, 4) is 0 Å². The molecule has 0 saturated heterocycles. The van der Waals surface area contributed by atoms with Crippen LogP contribution in [0.1, 0.15) is 36.5 Å². The van der Waals surface area contributed by atoms with Gasteiger partial charge in [0.25, 0.3) is 5.91 Å². The van der Waals surface area contributed by atoms with Crippen molar-refractivity contribution in [2.45, 2.75) is 26.2 Å². The number of hydrogen-bond donors (Lipinski definition) is 0. The zero-order chi connectivity index (χ0) is 12.3. The fraction of sp³-hybridized carbons (Fsp3) is 0.538. The number of nitrogens with zero attached hydrogens (tertiary/aromatic N) is 2. The molecule has 0 bridgehead atoms. The average molecular weight is 253 g/mol. The minimum Gasteiger partial charge on any atom is -0.338 e. The average Bonchev–Trinajstić information content (AvgIpc) is 3.13. The molecule has 0 N–H and O–H groups in total. The molecule has 1 aromatic heterocycles. The second kappa shape index (κ2) is 5.50. The summed E-state index contributed by atoms with van der Waals surface area (Å²) in [5, 5.41) is 0.422. The van der Waals surface area contributed by atoms with Crippen LogP contribution in [0.25, 0.3) is 0 Å². The second-order valence-electron chi connectivity index (χ2n) is 4.56. The standard InChI is InChI=1S/C13H17ClN2O/c1-2-7-16(9-10-3-4-10)13(17)11-5-6-12(14)15-8-11/h5-6,8,10H,2-4,7,9H2,1H3. The van der Waals surface area contributed by atoms with Gasteiger partial charge in [-0.3, -0.25) is 4.79 Å². The van der Waals surface area contributed by atoms with E-state index in [1.54, 1.807) is 18.3 Å². The van der Waals surface area contributed by atoms with E-state index in [0.29, 0.717) is 16.6 Å². The molecule has 1 aliphatic carbocycles. The van der Waals surface area contributed by atoms with Crippen LogP contribution in [-0.4, -0.2) is 28.9 Å². The third-order valence-electron chi connectivity index (χ3n) is 2.93. The Morgan fingerprint density at radius 3 is 2.82 bits per heavy atom. The Kier molecular flexibility index (Phi) is 4.00. The maximum Gasteiger partial charge on any atom is 0.255 e. The molecule has 4 heteroatoms. The molecule has 1 amide bonds. The highest BCUT2D eigenvalue weighted by Crippen LogP contribution is 2.30. The van der Waals surface area contributed by atoms with E-state index >= 15 is 0 Å². The van der Waals surface area contributed by atoms with E-state index in [9.17, 15) is 4.79 Å². The number of rotatable bonds is 5. The van der Waals surface area contributed by atoms with Crippen molar-refractivity contribution >= 4 is 17.5 Å². The van der Waals surface area contributed by atoms with E-state index < -0.39 is 0 Å². The highest BCUT2D eigenvalue weighted by Gasteiger charge is 2.26. The lowest BCUT2D eigenvalue weighted by molar-refractivity contribution is 0.0747. The largest absolute Gasteiger partial charge is 0.338 e. The molecule has 0 spiro atoms. The van der Waals surface area contributed by atoms with Crippen LogP contribution in [0.15, 0.2) is 18.3 Å². The summed E-state index contributed by atoms with van der Waals surface area (Å²) in [5.74, 6) is 0.786. The fourth-order valence-corrected chi connectivity index (χ4v) is 1.95. The first-order chi connectivity index (χ1) is 8.20. The quantitative estimate of drug-likeness (QED) is 0.755. The molecule has 0 aliphatic heterocycles. The van der Waals surface area contributed by atoms with Gasteiger partial charge in [0, 0.05) is 19.3 Å². The Hall–Kier alpha value is -1.09. The van der Waals surface area contributed by atoms with Crippen LogP contribution in [0.3, 0.4) is 0 Å². The number of carbonyl (C=O) groups is 1. The van der Waals surface area contributed by atoms with Gasteiger partial charge in [0.2, 0.25) is 0 Å². The van der Waals surface area contributed by atoms with Gasteiger partial charge in [-0.25, -0.2) is 4.98 Å². The molecule has 2 rings (SSSR count). The number of amides is 1. The second-order valence-corrected chi connectivity index (χ2v) is 4.95. The van der Waals surface area contributed by atoms with Crippen molar-refractivity contribution in [3.05, 3.63) is 29.0 Å². The highest BCUT2D eigenvalue weighted by molar-refractivity contribution is 6.29. The molecular formula is C13H17ClN2O. The summed E-state index contributed by atoms with van der Waals surface area (Å²) in [4.78, 5) is 18.1. The van der Waals surface area contributed by atoms with Crippen molar-refractivity contribution < 1.29 is 4.79 Å². The van der Waals surface area contributed by atoms with Gasteiger partial charge in [-0.1, -0.05) is 18.5 Å². The van der Waals surface area contributed by atoms with E-state index in [-0.39, 0.29) is 5.91 Å². The minimum atomic E-state index is 0.0721. The summed E-state index contributed by atoms with van der Waals surface area (Å²) in [7, 11) is 0. The van der Waals surface area contributed by atoms with Gasteiger partial charge in [-0.15, -0.1) is 0 Å². The van der Waals surface area contributed by atoms with Crippen molar-refractivity contribution in [1.82, 2.24) is 9.88 Å². The van der Waals surface area contributed by atoms with E-state index in [4.69, 9.17) is 11.6 Å². The molecule has 1 aliphatic rings. The van der Waals surface area contributed by atoms with Gasteiger partial charge < -0.3 is 4.90 Å². The SMILES string of the molecule is CCCN(CC1CC1)C(=O)c1ccc(Cl)nc1. The molecule has 1 heterocycles. The number of aromatic nitrogens is 1. The first-order valence-corrected chi connectivity index (χ1v) is 6.49. The number of carbonyl (C=O) groups excluding carboxylic acids is 1. The van der Waals surface area contributed by atoms with Crippen LogP contribution < -0.4 is 0 Å². The Balaban J connectivity index is 2.05. The van der Waals surface area contributed by atoms with E-state index in [0.717, 1.165) is 19.5 Å². The van der Waals surface area contributed by atoms with Gasteiger partial charge in [-0.05, 0) is 37.3 Å². The molecule has 1 saturated carbocycles. The topological polar surface area (TPSA) is 33.2 Å². The van der Waals surface area contributed by atoms with Gasteiger partial charge in [-0.2, -0.15) is 0 Å². The van der Waals surface area contributed by atoms with Crippen molar-refractivity contribution in [2.24, 2.45) is 5.92 Å². The van der Waals surface area contributed by atoms with E-state index in [1.165, 1.54) is 12.8 Å².